The van der Waals surface area contributed by atoms with Gasteiger partial charge in [-0.1, -0.05) is 20.8 Å². The first-order chi connectivity index (χ1) is 8.76. The minimum absolute atomic E-state index is 0.0975. The summed E-state index contributed by atoms with van der Waals surface area (Å²) in [6.45, 7) is 9.44. The van der Waals surface area contributed by atoms with E-state index in [0.29, 0.717) is 13.1 Å². The summed E-state index contributed by atoms with van der Waals surface area (Å²) in [6.07, 6.45) is 1.51. The first kappa shape index (κ1) is 17.9. The number of carbonyl (C=O) groups excluding carboxylic acids is 2. The van der Waals surface area contributed by atoms with Gasteiger partial charge in [0.25, 0.3) is 0 Å². The average molecular weight is 271 g/mol. The molecular weight excluding hydrogens is 242 g/mol. The number of nitrogens with one attached hydrogen (secondary N) is 1. The predicted molar refractivity (Wildman–Crippen MR) is 78.0 cm³/mol. The van der Waals surface area contributed by atoms with E-state index >= 15 is 0 Å². The molecule has 0 rings (SSSR count). The van der Waals surface area contributed by atoms with E-state index in [1.165, 1.54) is 4.90 Å². The van der Waals surface area contributed by atoms with Crippen molar-refractivity contribution in [1.82, 2.24) is 15.1 Å². The maximum Gasteiger partial charge on any atom is 0.324 e. The molecule has 0 fully saturated rings. The van der Waals surface area contributed by atoms with Crippen molar-refractivity contribution in [3.8, 4) is 0 Å². The molecule has 112 valence electrons. The second kappa shape index (κ2) is 8.15. The van der Waals surface area contributed by atoms with Gasteiger partial charge in [-0.2, -0.15) is 0 Å². The van der Waals surface area contributed by atoms with Gasteiger partial charge in [-0.25, -0.2) is 4.79 Å². The summed E-state index contributed by atoms with van der Waals surface area (Å²) in [5.74, 6) is -0.0975. The van der Waals surface area contributed by atoms with Gasteiger partial charge in [-0.05, 0) is 40.4 Å². The number of nitrogens with zero attached hydrogens (tertiary/aromatic N) is 2. The minimum Gasteiger partial charge on any atom is -0.338 e. The SMILES string of the molecule is CCNC(=O)N(CCCN(C)C)C(=O)C(C)(C)CC. The van der Waals surface area contributed by atoms with Crippen LogP contribution in [-0.2, 0) is 4.79 Å². The summed E-state index contributed by atoms with van der Waals surface area (Å²) >= 11 is 0. The van der Waals surface area contributed by atoms with Crippen LogP contribution in [0.5, 0.6) is 0 Å². The van der Waals surface area contributed by atoms with Crippen LogP contribution in [-0.4, -0.2) is 55.5 Å². The molecule has 0 saturated heterocycles. The molecule has 0 bridgehead atoms. The maximum atomic E-state index is 12.4. The van der Waals surface area contributed by atoms with Crippen LogP contribution in [0.15, 0.2) is 0 Å². The van der Waals surface area contributed by atoms with Crippen LogP contribution in [0.4, 0.5) is 4.79 Å². The van der Waals surface area contributed by atoms with Gasteiger partial charge in [0, 0.05) is 18.5 Å². The summed E-state index contributed by atoms with van der Waals surface area (Å²) < 4.78 is 0. The van der Waals surface area contributed by atoms with E-state index in [9.17, 15) is 9.59 Å². The Morgan fingerprint density at radius 2 is 1.68 bits per heavy atom. The molecule has 0 radical (unpaired) electrons. The zero-order valence-electron chi connectivity index (χ0n) is 13.2. The summed E-state index contributed by atoms with van der Waals surface area (Å²) in [7, 11) is 3.96. The van der Waals surface area contributed by atoms with Gasteiger partial charge in [0.05, 0.1) is 0 Å². The molecular formula is C14H29N3O2. The molecule has 0 aliphatic carbocycles. The lowest BCUT2D eigenvalue weighted by Crippen LogP contribution is -2.49. The molecule has 5 nitrogen and oxygen atoms in total. The van der Waals surface area contributed by atoms with Crippen molar-refractivity contribution in [3.63, 3.8) is 0 Å². The van der Waals surface area contributed by atoms with E-state index in [1.54, 1.807) is 0 Å². The Hall–Kier alpha value is -1.10. The Morgan fingerprint density at radius 1 is 1.11 bits per heavy atom. The van der Waals surface area contributed by atoms with Crippen LogP contribution >= 0.6 is 0 Å². The first-order valence-corrected chi connectivity index (χ1v) is 7.00. The monoisotopic (exact) mass is 271 g/mol. The van der Waals surface area contributed by atoms with E-state index < -0.39 is 5.41 Å². The Bertz CT molecular complexity index is 301. The lowest BCUT2D eigenvalue weighted by molar-refractivity contribution is -0.137. The number of rotatable bonds is 7. The molecule has 0 unspecified atom stereocenters. The van der Waals surface area contributed by atoms with Crippen molar-refractivity contribution >= 4 is 11.9 Å². The zero-order chi connectivity index (χ0) is 15.1. The summed E-state index contributed by atoms with van der Waals surface area (Å²) in [4.78, 5) is 27.8. The van der Waals surface area contributed by atoms with Crippen LogP contribution in [0.3, 0.4) is 0 Å². The Kier molecular flexibility index (Phi) is 7.68. The molecule has 0 atom stereocenters. The van der Waals surface area contributed by atoms with Gasteiger partial charge >= 0.3 is 6.03 Å². The zero-order valence-corrected chi connectivity index (χ0v) is 13.2. The molecule has 0 heterocycles. The number of carbonyl (C=O) groups is 2. The highest BCUT2D eigenvalue weighted by atomic mass is 16.2. The lowest BCUT2D eigenvalue weighted by Gasteiger charge is -2.30. The fourth-order valence-corrected chi connectivity index (χ4v) is 1.60. The van der Waals surface area contributed by atoms with Crippen molar-refractivity contribution in [3.05, 3.63) is 0 Å². The van der Waals surface area contributed by atoms with Crippen molar-refractivity contribution < 1.29 is 9.59 Å². The van der Waals surface area contributed by atoms with Crippen LogP contribution in [0.1, 0.15) is 40.5 Å². The molecule has 19 heavy (non-hydrogen) atoms. The molecule has 0 aromatic rings. The number of hydrogen-bond donors (Lipinski definition) is 1. The van der Waals surface area contributed by atoms with Gasteiger partial charge in [0.2, 0.25) is 5.91 Å². The quantitative estimate of drug-likeness (QED) is 0.770. The number of urea groups is 1. The van der Waals surface area contributed by atoms with Crippen LogP contribution in [0.2, 0.25) is 0 Å². The number of hydrogen-bond acceptors (Lipinski definition) is 3. The first-order valence-electron chi connectivity index (χ1n) is 7.00. The van der Waals surface area contributed by atoms with Crippen LogP contribution < -0.4 is 5.32 Å². The van der Waals surface area contributed by atoms with Crippen molar-refractivity contribution in [2.75, 3.05) is 33.7 Å². The molecule has 0 aromatic carbocycles. The highest BCUT2D eigenvalue weighted by molar-refractivity contribution is 5.97. The molecule has 1 N–H and O–H groups in total. The fourth-order valence-electron chi connectivity index (χ4n) is 1.60. The third-order valence-corrected chi connectivity index (χ3v) is 3.27. The van der Waals surface area contributed by atoms with E-state index in [4.69, 9.17) is 0 Å². The lowest BCUT2D eigenvalue weighted by atomic mass is 9.88. The van der Waals surface area contributed by atoms with Crippen molar-refractivity contribution in [2.45, 2.75) is 40.5 Å². The normalized spacial score (nSPS) is 11.5. The molecule has 0 saturated carbocycles. The second-order valence-corrected chi connectivity index (χ2v) is 5.69. The van der Waals surface area contributed by atoms with E-state index in [-0.39, 0.29) is 11.9 Å². The maximum absolute atomic E-state index is 12.4. The molecule has 0 aliphatic rings. The molecule has 3 amide bonds. The standard InChI is InChI=1S/C14H29N3O2/c1-7-14(3,4)12(18)17(13(19)15-8-2)11-9-10-16(5)6/h7-11H2,1-6H3,(H,15,19). The summed E-state index contributed by atoms with van der Waals surface area (Å²) in [6, 6.07) is -0.284. The molecule has 0 aliphatic heterocycles. The highest BCUT2D eigenvalue weighted by Gasteiger charge is 2.33. The highest BCUT2D eigenvalue weighted by Crippen LogP contribution is 2.23. The third kappa shape index (κ3) is 6.05. The van der Waals surface area contributed by atoms with E-state index in [1.807, 2.05) is 46.7 Å². The largest absolute Gasteiger partial charge is 0.338 e. The summed E-state index contributed by atoms with van der Waals surface area (Å²) in [5.41, 5.74) is -0.497. The number of amides is 3. The van der Waals surface area contributed by atoms with E-state index in [2.05, 4.69) is 5.32 Å². The predicted octanol–water partition coefficient (Wildman–Crippen LogP) is 1.93. The van der Waals surface area contributed by atoms with Crippen LogP contribution in [0, 0.1) is 5.41 Å². The van der Waals surface area contributed by atoms with Gasteiger partial charge in [0.15, 0.2) is 0 Å². The third-order valence-electron chi connectivity index (χ3n) is 3.27. The molecule has 0 aromatic heterocycles. The van der Waals surface area contributed by atoms with Gasteiger partial charge in [-0.15, -0.1) is 0 Å². The van der Waals surface area contributed by atoms with Crippen LogP contribution in [0.25, 0.3) is 0 Å². The molecule has 0 spiro atoms. The second-order valence-electron chi connectivity index (χ2n) is 5.69. The fraction of sp³-hybridized carbons (Fsp3) is 0.857. The minimum atomic E-state index is -0.497. The average Bonchev–Trinajstić information content (AvgIpc) is 2.33. The topological polar surface area (TPSA) is 52.7 Å². The Balaban J connectivity index is 4.76. The van der Waals surface area contributed by atoms with Gasteiger partial charge in [0.1, 0.15) is 0 Å². The van der Waals surface area contributed by atoms with Crippen molar-refractivity contribution in [2.24, 2.45) is 5.41 Å². The smallest absolute Gasteiger partial charge is 0.324 e. The summed E-state index contributed by atoms with van der Waals surface area (Å²) in [5, 5.41) is 2.71. The Morgan fingerprint density at radius 3 is 2.11 bits per heavy atom. The number of imide groups is 1. The molecule has 5 heteroatoms. The Labute approximate surface area is 117 Å². The van der Waals surface area contributed by atoms with Gasteiger partial charge in [-0.3, -0.25) is 9.69 Å². The van der Waals surface area contributed by atoms with Crippen molar-refractivity contribution in [1.29, 1.82) is 0 Å². The van der Waals surface area contributed by atoms with Gasteiger partial charge < -0.3 is 10.2 Å². The van der Waals surface area contributed by atoms with E-state index in [0.717, 1.165) is 19.4 Å².